The van der Waals surface area contributed by atoms with Crippen LogP contribution in [0.1, 0.15) is 18.1 Å². The van der Waals surface area contributed by atoms with Crippen molar-refractivity contribution in [1.29, 1.82) is 0 Å². The number of sulfone groups is 1. The van der Waals surface area contributed by atoms with Gasteiger partial charge < -0.3 is 5.32 Å². The van der Waals surface area contributed by atoms with Crippen LogP contribution in [0.3, 0.4) is 0 Å². The van der Waals surface area contributed by atoms with E-state index in [1.165, 1.54) is 19.1 Å². The lowest BCUT2D eigenvalue weighted by molar-refractivity contribution is -0.114. The Kier molecular flexibility index (Phi) is 6.87. The summed E-state index contributed by atoms with van der Waals surface area (Å²) in [6.07, 6.45) is 2.24. The molecule has 166 valence electrons. The van der Waals surface area contributed by atoms with Gasteiger partial charge in [-0.15, -0.1) is 0 Å². The van der Waals surface area contributed by atoms with Gasteiger partial charge in [0.1, 0.15) is 9.79 Å². The minimum Gasteiger partial charge on any atom is -0.326 e. The molecule has 1 amide bonds. The number of carbonyl (C=O) groups is 1. The van der Waals surface area contributed by atoms with Gasteiger partial charge in [-0.05, 0) is 35.4 Å². The highest BCUT2D eigenvalue weighted by Gasteiger charge is 2.20. The van der Waals surface area contributed by atoms with Gasteiger partial charge in [-0.25, -0.2) is 8.42 Å². The molecular formula is C18H17NO9S3. The number of nitrogens with one attached hydrogen (secondary N) is 1. The highest BCUT2D eigenvalue weighted by Crippen LogP contribution is 2.26. The summed E-state index contributed by atoms with van der Waals surface area (Å²) in [7, 11) is -13.6. The molecule has 0 aliphatic carbocycles. The van der Waals surface area contributed by atoms with Gasteiger partial charge in [-0.1, -0.05) is 30.9 Å². The summed E-state index contributed by atoms with van der Waals surface area (Å²) >= 11 is 0. The molecule has 0 spiro atoms. The SMILES string of the molecule is C=CS(=O)(=O)c1ccc(C=Cc2ccc(NC(C)=O)cc2S(=O)(=O)O)c(S(=O)(=O)O)c1. The summed E-state index contributed by atoms with van der Waals surface area (Å²) in [5, 5.41) is 2.97. The van der Waals surface area contributed by atoms with E-state index in [1.807, 2.05) is 0 Å². The van der Waals surface area contributed by atoms with Crippen molar-refractivity contribution in [2.75, 3.05) is 5.32 Å². The van der Waals surface area contributed by atoms with E-state index < -0.39 is 50.7 Å². The van der Waals surface area contributed by atoms with Crippen molar-refractivity contribution in [2.24, 2.45) is 0 Å². The van der Waals surface area contributed by atoms with Gasteiger partial charge in [0.2, 0.25) is 5.91 Å². The van der Waals surface area contributed by atoms with Crippen molar-refractivity contribution >= 4 is 53.8 Å². The van der Waals surface area contributed by atoms with Crippen LogP contribution >= 0.6 is 0 Å². The van der Waals surface area contributed by atoms with E-state index in [2.05, 4.69) is 11.9 Å². The first-order chi connectivity index (χ1) is 14.1. The second kappa shape index (κ2) is 8.72. The second-order valence-corrected chi connectivity index (χ2v) is 10.8. The maximum absolute atomic E-state index is 11.9. The molecule has 0 aliphatic heterocycles. The van der Waals surface area contributed by atoms with Crippen LogP contribution < -0.4 is 5.32 Å². The fourth-order valence-electron chi connectivity index (χ4n) is 2.51. The first kappa shape index (κ1) is 24.4. The van der Waals surface area contributed by atoms with Crippen LogP contribution in [-0.2, 0) is 34.9 Å². The molecule has 0 aromatic heterocycles. The lowest BCUT2D eigenvalue weighted by atomic mass is 10.1. The average molecular weight is 488 g/mol. The first-order valence-electron chi connectivity index (χ1n) is 8.21. The van der Waals surface area contributed by atoms with Crippen molar-refractivity contribution in [3.63, 3.8) is 0 Å². The molecule has 0 unspecified atom stereocenters. The van der Waals surface area contributed by atoms with Crippen LogP contribution in [0.25, 0.3) is 12.2 Å². The number of rotatable bonds is 7. The van der Waals surface area contributed by atoms with E-state index in [0.717, 1.165) is 36.4 Å². The van der Waals surface area contributed by atoms with Gasteiger partial charge in [-0.2, -0.15) is 16.8 Å². The van der Waals surface area contributed by atoms with Gasteiger partial charge in [0.05, 0.1) is 4.90 Å². The molecule has 0 fully saturated rings. The highest BCUT2D eigenvalue weighted by molar-refractivity contribution is 7.94. The summed E-state index contributed by atoms with van der Waals surface area (Å²) in [5.41, 5.74) is -0.131. The summed E-state index contributed by atoms with van der Waals surface area (Å²) in [6.45, 7) is 4.34. The van der Waals surface area contributed by atoms with Gasteiger partial charge in [-0.3, -0.25) is 13.9 Å². The Hall–Kier alpha value is -2.84. The lowest BCUT2D eigenvalue weighted by Gasteiger charge is -2.09. The summed E-state index contributed by atoms with van der Waals surface area (Å²) in [6, 6.07) is 6.49. The Morgan fingerprint density at radius 1 is 0.871 bits per heavy atom. The first-order valence-corrected chi connectivity index (χ1v) is 12.6. The van der Waals surface area contributed by atoms with Crippen molar-refractivity contribution in [2.45, 2.75) is 21.6 Å². The highest BCUT2D eigenvalue weighted by atomic mass is 32.2. The van der Waals surface area contributed by atoms with E-state index in [1.54, 1.807) is 0 Å². The van der Waals surface area contributed by atoms with Gasteiger partial charge in [0.25, 0.3) is 20.2 Å². The monoisotopic (exact) mass is 487 g/mol. The Morgan fingerprint density at radius 2 is 1.35 bits per heavy atom. The molecule has 2 rings (SSSR count). The van der Waals surface area contributed by atoms with Gasteiger partial charge in [0.15, 0.2) is 9.84 Å². The standard InChI is InChI=1S/C18H17NO9S3/c1-3-29(21,22)16-9-7-14(18(11-16)31(26,27)28)5-4-13-6-8-15(19-12(2)20)10-17(13)30(23,24)25/h3-11H,1H2,2H3,(H,19,20)(H,23,24,25)(H,26,27,28). The minimum atomic E-state index is -4.85. The third-order valence-corrected chi connectivity index (χ3v) is 7.03. The maximum atomic E-state index is 11.9. The molecule has 0 radical (unpaired) electrons. The van der Waals surface area contributed by atoms with E-state index in [0.29, 0.717) is 5.41 Å². The topological polar surface area (TPSA) is 172 Å². The summed E-state index contributed by atoms with van der Waals surface area (Å²) in [5.74, 6) is -0.475. The fraction of sp³-hybridized carbons (Fsp3) is 0.0556. The molecule has 0 atom stereocenters. The molecule has 10 nitrogen and oxygen atoms in total. The van der Waals surface area contributed by atoms with Crippen LogP contribution in [-0.4, -0.2) is 40.3 Å². The number of benzene rings is 2. The van der Waals surface area contributed by atoms with Gasteiger partial charge >= 0.3 is 0 Å². The molecule has 0 saturated carbocycles. The van der Waals surface area contributed by atoms with Crippen LogP contribution in [0, 0.1) is 0 Å². The van der Waals surface area contributed by atoms with Crippen molar-refractivity contribution in [3.05, 3.63) is 59.5 Å². The number of amides is 1. The van der Waals surface area contributed by atoms with Crippen LogP contribution in [0.4, 0.5) is 5.69 Å². The number of carbonyl (C=O) groups excluding carboxylic acids is 1. The third kappa shape index (κ3) is 6.08. The molecule has 31 heavy (non-hydrogen) atoms. The largest absolute Gasteiger partial charge is 0.326 e. The summed E-state index contributed by atoms with van der Waals surface area (Å²) < 4.78 is 89.6. The smallest absolute Gasteiger partial charge is 0.295 e. The van der Waals surface area contributed by atoms with Crippen molar-refractivity contribution < 1.29 is 39.2 Å². The van der Waals surface area contributed by atoms with E-state index in [-0.39, 0.29) is 16.8 Å². The van der Waals surface area contributed by atoms with Crippen molar-refractivity contribution in [1.82, 2.24) is 0 Å². The van der Waals surface area contributed by atoms with Crippen LogP contribution in [0.5, 0.6) is 0 Å². The van der Waals surface area contributed by atoms with Crippen LogP contribution in [0.2, 0.25) is 0 Å². The Balaban J connectivity index is 2.64. The minimum absolute atomic E-state index is 0.0688. The number of anilines is 1. The molecule has 0 aliphatic rings. The molecule has 13 heteroatoms. The number of hydrogen-bond acceptors (Lipinski definition) is 7. The van der Waals surface area contributed by atoms with E-state index in [4.69, 9.17) is 0 Å². The van der Waals surface area contributed by atoms with E-state index in [9.17, 15) is 39.2 Å². The fourth-order valence-corrected chi connectivity index (χ4v) is 4.73. The van der Waals surface area contributed by atoms with Gasteiger partial charge in [0, 0.05) is 18.0 Å². The Morgan fingerprint density at radius 3 is 1.81 bits per heavy atom. The summed E-state index contributed by atoms with van der Waals surface area (Å²) in [4.78, 5) is 9.41. The second-order valence-electron chi connectivity index (χ2n) is 6.13. The zero-order chi connectivity index (χ0) is 23.6. The zero-order valence-electron chi connectivity index (χ0n) is 15.9. The molecular weight excluding hydrogens is 470 g/mol. The molecule has 2 aromatic rings. The third-order valence-electron chi connectivity index (χ3n) is 3.87. The molecule has 3 N–H and O–H groups in total. The number of hydrogen-bond donors (Lipinski definition) is 3. The normalized spacial score (nSPS) is 12.6. The lowest BCUT2D eigenvalue weighted by Crippen LogP contribution is -2.08. The van der Waals surface area contributed by atoms with Crippen molar-refractivity contribution in [3.8, 4) is 0 Å². The quantitative estimate of drug-likeness (QED) is 0.391. The van der Waals surface area contributed by atoms with E-state index >= 15 is 0 Å². The predicted octanol–water partition coefficient (Wildman–Crippen LogP) is 2.23. The maximum Gasteiger partial charge on any atom is 0.295 e. The molecule has 2 aromatic carbocycles. The molecule has 0 bridgehead atoms. The zero-order valence-corrected chi connectivity index (χ0v) is 18.3. The Labute approximate surface area is 179 Å². The van der Waals surface area contributed by atoms with Crippen LogP contribution in [0.15, 0.2) is 63.1 Å². The Bertz CT molecular complexity index is 1410. The molecule has 0 saturated heterocycles. The average Bonchev–Trinajstić information content (AvgIpc) is 2.64. The predicted molar refractivity (Wildman–Crippen MR) is 113 cm³/mol. The molecule has 0 heterocycles.